The van der Waals surface area contributed by atoms with Crippen molar-refractivity contribution in [3.63, 3.8) is 0 Å². The first-order valence-electron chi connectivity index (χ1n) is 7.99. The van der Waals surface area contributed by atoms with Gasteiger partial charge in [0, 0.05) is 32.2 Å². The number of nitrogens with one attached hydrogen (secondary N) is 2. The lowest BCUT2D eigenvalue weighted by Crippen LogP contribution is -2.43. The Morgan fingerprint density at radius 2 is 2.10 bits per heavy atom. The van der Waals surface area contributed by atoms with Crippen molar-refractivity contribution in [3.05, 3.63) is 17.8 Å². The van der Waals surface area contributed by atoms with E-state index in [-0.39, 0.29) is 5.91 Å². The van der Waals surface area contributed by atoms with Crippen molar-refractivity contribution in [1.29, 1.82) is 0 Å². The Morgan fingerprint density at radius 3 is 2.86 bits per heavy atom. The van der Waals surface area contributed by atoms with E-state index in [9.17, 15) is 4.79 Å². The van der Waals surface area contributed by atoms with Gasteiger partial charge in [0.05, 0.1) is 6.54 Å². The minimum Gasteiger partial charge on any atom is -0.447 e. The second-order valence-electron chi connectivity index (χ2n) is 5.96. The fourth-order valence-electron chi connectivity index (χ4n) is 3.05. The van der Waals surface area contributed by atoms with Gasteiger partial charge in [0.1, 0.15) is 6.26 Å². The van der Waals surface area contributed by atoms with Crippen molar-refractivity contribution in [2.45, 2.75) is 44.7 Å². The van der Waals surface area contributed by atoms with Crippen LogP contribution in [-0.4, -0.2) is 48.0 Å². The van der Waals surface area contributed by atoms with Gasteiger partial charge < -0.3 is 15.1 Å². The Labute approximate surface area is 125 Å². The second-order valence-corrected chi connectivity index (χ2v) is 5.96. The number of carbonyl (C=O) groups excluding carboxylic acids is 1. The zero-order valence-electron chi connectivity index (χ0n) is 12.4. The number of nitrogens with zero attached hydrogens (tertiary/aromatic N) is 2. The first-order valence-corrected chi connectivity index (χ1v) is 7.99. The molecule has 2 fully saturated rings. The number of hydrogen-bond acceptors (Lipinski definition) is 5. The van der Waals surface area contributed by atoms with Gasteiger partial charge in [-0.25, -0.2) is 4.98 Å². The van der Waals surface area contributed by atoms with Crippen LogP contribution in [0.3, 0.4) is 0 Å². The van der Waals surface area contributed by atoms with Gasteiger partial charge in [-0.3, -0.25) is 9.69 Å². The largest absolute Gasteiger partial charge is 0.447 e. The maximum atomic E-state index is 12.2. The number of amides is 1. The molecule has 0 radical (unpaired) electrons. The Kier molecular flexibility index (Phi) is 4.87. The molecule has 1 saturated heterocycles. The number of aromatic nitrogens is 1. The van der Waals surface area contributed by atoms with Crippen LogP contribution in [0.4, 0.5) is 0 Å². The van der Waals surface area contributed by atoms with Crippen molar-refractivity contribution >= 4 is 5.91 Å². The lowest BCUT2D eigenvalue weighted by molar-refractivity contribution is 0.0922. The minimum atomic E-state index is -0.0998. The van der Waals surface area contributed by atoms with E-state index >= 15 is 0 Å². The van der Waals surface area contributed by atoms with E-state index in [1.165, 1.54) is 25.5 Å². The quantitative estimate of drug-likeness (QED) is 0.871. The van der Waals surface area contributed by atoms with E-state index in [2.05, 4.69) is 20.5 Å². The molecule has 6 nitrogen and oxygen atoms in total. The van der Waals surface area contributed by atoms with Gasteiger partial charge in [-0.05, 0) is 12.8 Å². The summed E-state index contributed by atoms with van der Waals surface area (Å²) in [7, 11) is 0. The molecular weight excluding hydrogens is 268 g/mol. The molecule has 0 bridgehead atoms. The molecule has 2 N–H and O–H groups in total. The first kappa shape index (κ1) is 14.5. The molecule has 1 aliphatic heterocycles. The highest BCUT2D eigenvalue weighted by Gasteiger charge is 2.20. The molecule has 2 heterocycles. The number of hydrogen-bond donors (Lipinski definition) is 2. The summed E-state index contributed by atoms with van der Waals surface area (Å²) in [6.07, 6.45) is 7.34. The number of rotatable bonds is 4. The predicted octanol–water partition coefficient (Wildman–Crippen LogP) is 1.14. The van der Waals surface area contributed by atoms with Crippen LogP contribution in [0.1, 0.15) is 48.5 Å². The van der Waals surface area contributed by atoms with Crippen LogP contribution in [0.5, 0.6) is 0 Å². The van der Waals surface area contributed by atoms with Crippen LogP contribution in [0.15, 0.2) is 10.7 Å². The van der Waals surface area contributed by atoms with Gasteiger partial charge in [0.25, 0.3) is 5.91 Å². The zero-order valence-corrected chi connectivity index (χ0v) is 12.4. The molecule has 1 aromatic rings. The maximum absolute atomic E-state index is 12.2. The average molecular weight is 292 g/mol. The SMILES string of the molecule is O=C(NC1CCCCC1)c1coc(CN2CCNCC2)n1. The fraction of sp³-hybridized carbons (Fsp3) is 0.733. The van der Waals surface area contributed by atoms with E-state index in [1.54, 1.807) is 0 Å². The molecule has 3 rings (SSSR count). The summed E-state index contributed by atoms with van der Waals surface area (Å²) in [5.74, 6) is 0.530. The zero-order chi connectivity index (χ0) is 14.5. The van der Waals surface area contributed by atoms with Crippen LogP contribution in [0.25, 0.3) is 0 Å². The van der Waals surface area contributed by atoms with Crippen molar-refractivity contribution in [2.24, 2.45) is 0 Å². The van der Waals surface area contributed by atoms with Crippen LogP contribution >= 0.6 is 0 Å². The smallest absolute Gasteiger partial charge is 0.273 e. The topological polar surface area (TPSA) is 70.4 Å². The van der Waals surface area contributed by atoms with Crippen molar-refractivity contribution in [1.82, 2.24) is 20.5 Å². The van der Waals surface area contributed by atoms with Crippen LogP contribution < -0.4 is 10.6 Å². The van der Waals surface area contributed by atoms with Gasteiger partial charge in [-0.2, -0.15) is 0 Å². The van der Waals surface area contributed by atoms with Crippen molar-refractivity contribution in [2.75, 3.05) is 26.2 Å². The molecular formula is C15H24N4O2. The third-order valence-corrected chi connectivity index (χ3v) is 4.29. The molecule has 0 spiro atoms. The van der Waals surface area contributed by atoms with E-state index in [0.717, 1.165) is 39.0 Å². The van der Waals surface area contributed by atoms with Crippen LogP contribution in [0.2, 0.25) is 0 Å². The first-order chi connectivity index (χ1) is 10.3. The highest BCUT2D eigenvalue weighted by atomic mass is 16.3. The summed E-state index contributed by atoms with van der Waals surface area (Å²) in [6.45, 7) is 4.65. The van der Waals surface area contributed by atoms with E-state index in [4.69, 9.17) is 4.42 Å². The van der Waals surface area contributed by atoms with Gasteiger partial charge in [0.2, 0.25) is 5.89 Å². The summed E-state index contributed by atoms with van der Waals surface area (Å²) in [5.41, 5.74) is 0.408. The minimum absolute atomic E-state index is 0.0998. The standard InChI is InChI=1S/C15H24N4O2/c20-15(17-12-4-2-1-3-5-12)13-11-21-14(18-13)10-19-8-6-16-7-9-19/h11-12,16H,1-10H2,(H,17,20). The van der Waals surface area contributed by atoms with E-state index in [1.807, 2.05) is 0 Å². The third kappa shape index (κ3) is 4.04. The number of oxazole rings is 1. The average Bonchev–Trinajstić information content (AvgIpc) is 2.98. The summed E-state index contributed by atoms with van der Waals surface area (Å²) < 4.78 is 5.44. The summed E-state index contributed by atoms with van der Waals surface area (Å²) >= 11 is 0. The molecule has 2 aliphatic rings. The molecule has 1 aromatic heterocycles. The Hall–Kier alpha value is -1.40. The van der Waals surface area contributed by atoms with Crippen LogP contribution in [0, 0.1) is 0 Å². The molecule has 0 aromatic carbocycles. The highest BCUT2D eigenvalue weighted by molar-refractivity contribution is 5.92. The number of carbonyl (C=O) groups is 1. The maximum Gasteiger partial charge on any atom is 0.273 e. The number of piperazine rings is 1. The molecule has 0 unspecified atom stereocenters. The lowest BCUT2D eigenvalue weighted by Gasteiger charge is -2.25. The van der Waals surface area contributed by atoms with Crippen molar-refractivity contribution in [3.8, 4) is 0 Å². The molecule has 21 heavy (non-hydrogen) atoms. The Morgan fingerprint density at radius 1 is 1.33 bits per heavy atom. The fourth-order valence-corrected chi connectivity index (χ4v) is 3.05. The van der Waals surface area contributed by atoms with Crippen molar-refractivity contribution < 1.29 is 9.21 Å². The summed E-state index contributed by atoms with van der Waals surface area (Å²) in [4.78, 5) is 18.8. The van der Waals surface area contributed by atoms with Gasteiger partial charge >= 0.3 is 0 Å². The molecule has 0 atom stereocenters. The Balaban J connectivity index is 1.52. The molecule has 116 valence electrons. The highest BCUT2D eigenvalue weighted by Crippen LogP contribution is 2.18. The Bertz CT molecular complexity index is 462. The van der Waals surface area contributed by atoms with Crippen LogP contribution in [-0.2, 0) is 6.54 Å². The molecule has 1 saturated carbocycles. The summed E-state index contributed by atoms with van der Waals surface area (Å²) in [6, 6.07) is 0.305. The second kappa shape index (κ2) is 7.04. The van der Waals surface area contributed by atoms with Gasteiger partial charge in [0.15, 0.2) is 5.69 Å². The van der Waals surface area contributed by atoms with E-state index < -0.39 is 0 Å². The predicted molar refractivity (Wildman–Crippen MR) is 79.0 cm³/mol. The molecule has 1 aliphatic carbocycles. The van der Waals surface area contributed by atoms with E-state index in [0.29, 0.717) is 24.2 Å². The molecule has 1 amide bonds. The third-order valence-electron chi connectivity index (χ3n) is 4.29. The monoisotopic (exact) mass is 292 g/mol. The van der Waals surface area contributed by atoms with Gasteiger partial charge in [-0.15, -0.1) is 0 Å². The van der Waals surface area contributed by atoms with Gasteiger partial charge in [-0.1, -0.05) is 19.3 Å². The summed E-state index contributed by atoms with van der Waals surface area (Å²) in [5, 5.41) is 6.38. The normalized spacial score (nSPS) is 21.3. The molecule has 6 heteroatoms. The lowest BCUT2D eigenvalue weighted by atomic mass is 9.95.